The highest BCUT2D eigenvalue weighted by atomic mass is 16.5. The van der Waals surface area contributed by atoms with Crippen LogP contribution in [0.2, 0.25) is 0 Å². The topological polar surface area (TPSA) is 73.9 Å². The number of hydrogen-bond acceptors (Lipinski definition) is 5. The quantitative estimate of drug-likeness (QED) is 0.786. The van der Waals surface area contributed by atoms with Crippen LogP contribution in [0.4, 0.5) is 4.79 Å². The zero-order valence-corrected chi connectivity index (χ0v) is 15.5. The van der Waals surface area contributed by atoms with Crippen molar-refractivity contribution in [1.29, 1.82) is 0 Å². The molecule has 3 fully saturated rings. The van der Waals surface area contributed by atoms with Gasteiger partial charge in [0.2, 0.25) is 5.91 Å². The third kappa shape index (κ3) is 4.92. The zero-order valence-electron chi connectivity index (χ0n) is 15.5. The lowest BCUT2D eigenvalue weighted by Gasteiger charge is -2.46. The minimum Gasteiger partial charge on any atom is -0.375 e. The van der Waals surface area contributed by atoms with Crippen LogP contribution < -0.4 is 10.6 Å². The Bertz CT molecular complexity index is 487. The second-order valence-electron chi connectivity index (χ2n) is 7.89. The fourth-order valence-corrected chi connectivity index (χ4v) is 4.38. The van der Waals surface area contributed by atoms with Crippen molar-refractivity contribution >= 4 is 11.9 Å². The van der Waals surface area contributed by atoms with E-state index in [0.717, 1.165) is 45.3 Å². The van der Waals surface area contributed by atoms with Crippen molar-refractivity contribution in [3.05, 3.63) is 0 Å². The van der Waals surface area contributed by atoms with Gasteiger partial charge in [-0.25, -0.2) is 4.79 Å². The van der Waals surface area contributed by atoms with Gasteiger partial charge in [0, 0.05) is 31.7 Å². The van der Waals surface area contributed by atoms with Crippen molar-refractivity contribution in [3.63, 3.8) is 0 Å². The Hall–Kier alpha value is -1.18. The van der Waals surface area contributed by atoms with Crippen molar-refractivity contribution in [1.82, 2.24) is 20.4 Å². The van der Waals surface area contributed by atoms with Gasteiger partial charge in [0.25, 0.3) is 0 Å². The number of morpholine rings is 1. The van der Waals surface area contributed by atoms with E-state index < -0.39 is 0 Å². The smallest absolute Gasteiger partial charge is 0.321 e. The fourth-order valence-electron chi connectivity index (χ4n) is 4.38. The van der Waals surface area contributed by atoms with Gasteiger partial charge in [-0.05, 0) is 32.2 Å². The number of rotatable bonds is 3. The van der Waals surface area contributed by atoms with Crippen LogP contribution in [0.15, 0.2) is 0 Å². The van der Waals surface area contributed by atoms with E-state index in [1.54, 1.807) is 0 Å². The fraction of sp³-hybridized carbons (Fsp3) is 0.889. The number of nitrogens with zero attached hydrogens (tertiary/aromatic N) is 2. The van der Waals surface area contributed by atoms with Gasteiger partial charge in [-0.1, -0.05) is 19.8 Å². The Morgan fingerprint density at radius 2 is 1.96 bits per heavy atom. The van der Waals surface area contributed by atoms with Crippen LogP contribution in [0.1, 0.15) is 39.0 Å². The number of likely N-dealkylation sites (N-methyl/N-ethyl adjacent to an activating group) is 1. The summed E-state index contributed by atoms with van der Waals surface area (Å²) in [6, 6.07) is 0.0651. The molecule has 0 aromatic heterocycles. The Labute approximate surface area is 150 Å². The molecule has 4 unspecified atom stereocenters. The number of ether oxygens (including phenoxy) is 1. The molecule has 0 radical (unpaired) electrons. The normalized spacial score (nSPS) is 34.2. The first kappa shape index (κ1) is 18.6. The summed E-state index contributed by atoms with van der Waals surface area (Å²) >= 11 is 0. The van der Waals surface area contributed by atoms with Gasteiger partial charge in [-0.2, -0.15) is 0 Å². The molecule has 3 rings (SSSR count). The molecular formula is C18H32N4O3. The van der Waals surface area contributed by atoms with E-state index in [1.165, 1.54) is 6.42 Å². The summed E-state index contributed by atoms with van der Waals surface area (Å²) in [6.45, 7) is 5.76. The van der Waals surface area contributed by atoms with Gasteiger partial charge in [0.05, 0.1) is 19.3 Å². The summed E-state index contributed by atoms with van der Waals surface area (Å²) in [5.41, 5.74) is 0. The molecule has 2 aliphatic heterocycles. The molecule has 7 heteroatoms. The number of nitrogens with one attached hydrogen (secondary N) is 2. The van der Waals surface area contributed by atoms with E-state index in [9.17, 15) is 9.59 Å². The summed E-state index contributed by atoms with van der Waals surface area (Å²) in [7, 11) is 2.10. The molecule has 1 aliphatic carbocycles. The highest BCUT2D eigenvalue weighted by molar-refractivity contribution is 5.95. The van der Waals surface area contributed by atoms with Crippen molar-refractivity contribution < 1.29 is 14.3 Å². The molecule has 3 aliphatic rings. The lowest BCUT2D eigenvalue weighted by Crippen LogP contribution is -2.61. The first-order chi connectivity index (χ1) is 12.0. The number of likely N-dealkylation sites (tertiary alicyclic amines) is 1. The summed E-state index contributed by atoms with van der Waals surface area (Å²) in [5, 5.41) is 5.49. The number of urea groups is 1. The lowest BCUT2D eigenvalue weighted by atomic mass is 9.86. The molecule has 3 amide bonds. The minimum atomic E-state index is -0.352. The number of hydrogen-bond donors (Lipinski definition) is 2. The molecule has 0 spiro atoms. The SMILES string of the molecule is CC1CCCCC1NC(=O)NC(=O)CN1CCOC2CCN(C)CC21. The van der Waals surface area contributed by atoms with Gasteiger partial charge in [0.15, 0.2) is 0 Å². The van der Waals surface area contributed by atoms with Crippen LogP contribution >= 0.6 is 0 Å². The molecule has 0 aromatic carbocycles. The van der Waals surface area contributed by atoms with E-state index in [0.29, 0.717) is 12.5 Å². The maximum Gasteiger partial charge on any atom is 0.321 e. The molecule has 25 heavy (non-hydrogen) atoms. The number of carbonyl (C=O) groups excluding carboxylic acids is 2. The van der Waals surface area contributed by atoms with Crippen LogP contribution in [-0.2, 0) is 9.53 Å². The highest BCUT2D eigenvalue weighted by Gasteiger charge is 2.36. The van der Waals surface area contributed by atoms with E-state index >= 15 is 0 Å². The van der Waals surface area contributed by atoms with E-state index in [1.807, 2.05) is 0 Å². The Morgan fingerprint density at radius 3 is 2.76 bits per heavy atom. The van der Waals surface area contributed by atoms with E-state index in [4.69, 9.17) is 4.74 Å². The molecular weight excluding hydrogens is 320 g/mol. The molecule has 0 aromatic rings. The number of amides is 3. The summed E-state index contributed by atoms with van der Waals surface area (Å²) in [5.74, 6) is 0.252. The molecule has 1 saturated carbocycles. The molecule has 142 valence electrons. The van der Waals surface area contributed by atoms with Crippen molar-refractivity contribution in [2.24, 2.45) is 5.92 Å². The Balaban J connectivity index is 1.47. The van der Waals surface area contributed by atoms with Crippen LogP contribution in [0.3, 0.4) is 0 Å². The Morgan fingerprint density at radius 1 is 1.16 bits per heavy atom. The van der Waals surface area contributed by atoms with Gasteiger partial charge in [0.1, 0.15) is 0 Å². The van der Waals surface area contributed by atoms with Crippen LogP contribution in [0, 0.1) is 5.92 Å². The molecule has 7 nitrogen and oxygen atoms in total. The van der Waals surface area contributed by atoms with Crippen molar-refractivity contribution in [3.8, 4) is 0 Å². The monoisotopic (exact) mass is 352 g/mol. The predicted molar refractivity (Wildman–Crippen MR) is 95.3 cm³/mol. The molecule has 4 atom stereocenters. The van der Waals surface area contributed by atoms with Crippen molar-refractivity contribution in [2.45, 2.75) is 57.2 Å². The van der Waals surface area contributed by atoms with E-state index in [2.05, 4.69) is 34.4 Å². The second-order valence-corrected chi connectivity index (χ2v) is 7.89. The van der Waals surface area contributed by atoms with Crippen LogP contribution in [0.25, 0.3) is 0 Å². The first-order valence-corrected chi connectivity index (χ1v) is 9.67. The Kier molecular flexibility index (Phi) is 6.30. The summed E-state index contributed by atoms with van der Waals surface area (Å²) < 4.78 is 5.86. The van der Waals surface area contributed by atoms with Gasteiger partial charge >= 0.3 is 6.03 Å². The first-order valence-electron chi connectivity index (χ1n) is 9.67. The van der Waals surface area contributed by atoms with Crippen LogP contribution in [0.5, 0.6) is 0 Å². The average Bonchev–Trinajstić information content (AvgIpc) is 2.57. The summed E-state index contributed by atoms with van der Waals surface area (Å²) in [4.78, 5) is 28.9. The van der Waals surface area contributed by atoms with Crippen LogP contribution in [-0.4, -0.2) is 79.8 Å². The van der Waals surface area contributed by atoms with Gasteiger partial charge in [-0.15, -0.1) is 0 Å². The maximum atomic E-state index is 12.3. The molecule has 2 saturated heterocycles. The molecule has 0 bridgehead atoms. The third-order valence-corrected chi connectivity index (χ3v) is 5.93. The zero-order chi connectivity index (χ0) is 17.8. The number of piperidine rings is 1. The van der Waals surface area contributed by atoms with Gasteiger partial charge < -0.3 is 15.0 Å². The highest BCUT2D eigenvalue weighted by Crippen LogP contribution is 2.24. The average molecular weight is 352 g/mol. The maximum absolute atomic E-state index is 12.3. The van der Waals surface area contributed by atoms with Gasteiger partial charge in [-0.3, -0.25) is 15.0 Å². The third-order valence-electron chi connectivity index (χ3n) is 5.93. The molecule has 2 N–H and O–H groups in total. The second kappa shape index (κ2) is 8.47. The minimum absolute atomic E-state index is 0.182. The largest absolute Gasteiger partial charge is 0.375 e. The predicted octanol–water partition coefficient (Wildman–Crippen LogP) is 0.796. The standard InChI is InChI=1S/C18H32N4O3/c1-13-5-3-4-6-14(13)19-18(24)20-17(23)12-22-9-10-25-16-7-8-21(2)11-15(16)22/h13-16H,3-12H2,1-2H3,(H2,19,20,23,24). The summed E-state index contributed by atoms with van der Waals surface area (Å²) in [6.07, 6.45) is 5.72. The molecule has 2 heterocycles. The lowest BCUT2D eigenvalue weighted by molar-refractivity contribution is -0.130. The van der Waals surface area contributed by atoms with E-state index in [-0.39, 0.29) is 36.7 Å². The number of fused-ring (bicyclic) bond motifs is 1. The van der Waals surface area contributed by atoms with Crippen molar-refractivity contribution in [2.75, 3.05) is 39.8 Å². The number of carbonyl (C=O) groups is 2. The number of imide groups is 1.